The molecule has 1 aliphatic rings. The quantitative estimate of drug-likeness (QED) is 0.572. The number of aromatic nitrogens is 2. The Balaban J connectivity index is 1.80. The number of carbonyl (C=O) groups excluding carboxylic acids is 1. The lowest BCUT2D eigenvalue weighted by atomic mass is 9.87. The average molecular weight is 458 g/mol. The van der Waals surface area contributed by atoms with Gasteiger partial charge in [0.15, 0.2) is 0 Å². The van der Waals surface area contributed by atoms with Crippen LogP contribution in [0, 0.1) is 11.3 Å². The number of rotatable bonds is 7. The average Bonchev–Trinajstić information content (AvgIpc) is 3.30. The molecule has 10 heteroatoms. The molecule has 0 saturated heterocycles. The van der Waals surface area contributed by atoms with Crippen LogP contribution >= 0.6 is 0 Å². The molecule has 2 aromatic heterocycles. The van der Waals surface area contributed by atoms with E-state index >= 15 is 0 Å². The highest BCUT2D eigenvalue weighted by atomic mass is 19.3. The fourth-order valence-electron chi connectivity index (χ4n) is 3.51. The van der Waals surface area contributed by atoms with E-state index in [2.05, 4.69) is 21.1 Å². The van der Waals surface area contributed by atoms with Crippen LogP contribution in [-0.4, -0.2) is 41.2 Å². The number of benzene rings is 1. The van der Waals surface area contributed by atoms with Crippen molar-refractivity contribution >= 4 is 11.6 Å². The standard InChI is InChI=1S/C23H21F3N4O3/c1-23(2,11-27)13-4-5-30-16(10-28-19(30)8-13)12-6-17(32-3)20(18(7-12)33-22(25)26)21(31)29-15-9-14(15)24/h4-8,10,14-15,22H,9H2,1-3H3,(H,29,31)/t14-,15-/m0/s1. The Labute approximate surface area is 187 Å². The van der Waals surface area contributed by atoms with Crippen LogP contribution in [0.5, 0.6) is 11.5 Å². The molecule has 2 atom stereocenters. The molecule has 1 aromatic carbocycles. The lowest BCUT2D eigenvalue weighted by molar-refractivity contribution is -0.0502. The van der Waals surface area contributed by atoms with Gasteiger partial charge in [-0.1, -0.05) is 0 Å². The minimum atomic E-state index is -3.19. The number of carbonyl (C=O) groups is 1. The van der Waals surface area contributed by atoms with Crippen LogP contribution in [0.4, 0.5) is 13.2 Å². The minimum Gasteiger partial charge on any atom is -0.496 e. The molecule has 7 nitrogen and oxygen atoms in total. The zero-order valence-corrected chi connectivity index (χ0v) is 18.1. The van der Waals surface area contributed by atoms with Crippen molar-refractivity contribution in [1.82, 2.24) is 14.7 Å². The van der Waals surface area contributed by atoms with Crippen LogP contribution in [0.2, 0.25) is 0 Å². The third kappa shape index (κ3) is 4.31. The van der Waals surface area contributed by atoms with Crippen molar-refractivity contribution in [2.45, 2.75) is 44.5 Å². The van der Waals surface area contributed by atoms with Crippen LogP contribution in [0.15, 0.2) is 36.7 Å². The molecule has 0 bridgehead atoms. The first-order valence-electron chi connectivity index (χ1n) is 10.2. The summed E-state index contributed by atoms with van der Waals surface area (Å²) in [6.07, 6.45) is 2.27. The number of alkyl halides is 3. The van der Waals surface area contributed by atoms with E-state index in [0.29, 0.717) is 16.9 Å². The van der Waals surface area contributed by atoms with Crippen molar-refractivity contribution in [3.63, 3.8) is 0 Å². The van der Waals surface area contributed by atoms with Gasteiger partial charge in [-0.15, -0.1) is 0 Å². The summed E-state index contributed by atoms with van der Waals surface area (Å²) >= 11 is 0. The smallest absolute Gasteiger partial charge is 0.387 e. The van der Waals surface area contributed by atoms with E-state index in [1.165, 1.54) is 25.4 Å². The number of pyridine rings is 1. The van der Waals surface area contributed by atoms with Crippen LogP contribution in [0.25, 0.3) is 16.9 Å². The topological polar surface area (TPSA) is 88.7 Å². The summed E-state index contributed by atoms with van der Waals surface area (Å²) in [7, 11) is 1.29. The van der Waals surface area contributed by atoms with Crippen molar-refractivity contribution in [2.75, 3.05) is 7.11 Å². The molecule has 4 rings (SSSR count). The second-order valence-corrected chi connectivity index (χ2v) is 8.29. The van der Waals surface area contributed by atoms with E-state index in [1.807, 2.05) is 0 Å². The highest BCUT2D eigenvalue weighted by Crippen LogP contribution is 2.37. The normalized spacial score (nSPS) is 17.6. The van der Waals surface area contributed by atoms with Crippen LogP contribution in [0.3, 0.4) is 0 Å². The highest BCUT2D eigenvalue weighted by Gasteiger charge is 2.40. The first-order chi connectivity index (χ1) is 15.6. The first kappa shape index (κ1) is 22.5. The number of methoxy groups -OCH3 is 1. The largest absolute Gasteiger partial charge is 0.496 e. The number of nitrogens with zero attached hydrogens (tertiary/aromatic N) is 3. The van der Waals surface area contributed by atoms with Gasteiger partial charge < -0.3 is 14.8 Å². The van der Waals surface area contributed by atoms with Crippen LogP contribution in [-0.2, 0) is 5.41 Å². The molecule has 0 radical (unpaired) electrons. The molecule has 3 aromatic rings. The molecular weight excluding hydrogens is 437 g/mol. The van der Waals surface area contributed by atoms with Gasteiger partial charge in [0.1, 0.15) is 28.9 Å². The number of nitriles is 1. The molecule has 1 fully saturated rings. The van der Waals surface area contributed by atoms with E-state index in [-0.39, 0.29) is 17.7 Å². The molecule has 0 spiro atoms. The Bertz CT molecular complexity index is 1270. The maximum atomic E-state index is 13.2. The third-order valence-electron chi connectivity index (χ3n) is 5.57. The molecule has 2 heterocycles. The number of ether oxygens (including phenoxy) is 2. The summed E-state index contributed by atoms with van der Waals surface area (Å²) in [5.41, 5.74) is 1.30. The number of nitrogens with one attached hydrogen (secondary N) is 1. The van der Waals surface area contributed by atoms with E-state index in [1.54, 1.807) is 36.6 Å². The van der Waals surface area contributed by atoms with Gasteiger partial charge in [-0.3, -0.25) is 9.20 Å². The number of imidazole rings is 1. The second kappa shape index (κ2) is 8.31. The first-order valence-corrected chi connectivity index (χ1v) is 10.2. The molecular formula is C23H21F3N4O3. The molecule has 1 N–H and O–H groups in total. The summed E-state index contributed by atoms with van der Waals surface area (Å²) in [5, 5.41) is 11.8. The zero-order valence-electron chi connectivity index (χ0n) is 18.1. The van der Waals surface area contributed by atoms with Gasteiger partial charge in [0.2, 0.25) is 0 Å². The fourth-order valence-corrected chi connectivity index (χ4v) is 3.51. The summed E-state index contributed by atoms with van der Waals surface area (Å²) < 4.78 is 51.2. The Kier molecular flexibility index (Phi) is 5.66. The van der Waals surface area contributed by atoms with Crippen molar-refractivity contribution in [1.29, 1.82) is 5.26 Å². The number of fused-ring (bicyclic) bond motifs is 1. The van der Waals surface area contributed by atoms with Crippen molar-refractivity contribution in [2.24, 2.45) is 0 Å². The summed E-state index contributed by atoms with van der Waals surface area (Å²) in [4.78, 5) is 17.0. The number of halogens is 3. The van der Waals surface area contributed by atoms with Crippen molar-refractivity contribution < 1.29 is 27.4 Å². The summed E-state index contributed by atoms with van der Waals surface area (Å²) in [6, 6.07) is 7.92. The SMILES string of the molecule is COc1cc(-c2cnc3cc(C(C)(C)C#N)ccn23)cc(OC(F)F)c1C(=O)N[C@H]1C[C@@H]1F. The fraction of sp³-hybridized carbons (Fsp3) is 0.348. The van der Waals surface area contributed by atoms with Gasteiger partial charge in [0, 0.05) is 18.2 Å². The van der Waals surface area contributed by atoms with Gasteiger partial charge >= 0.3 is 6.61 Å². The molecule has 1 amide bonds. The molecule has 1 aliphatic carbocycles. The maximum Gasteiger partial charge on any atom is 0.387 e. The molecule has 0 unspecified atom stereocenters. The van der Waals surface area contributed by atoms with Gasteiger partial charge in [-0.2, -0.15) is 14.0 Å². The zero-order chi connectivity index (χ0) is 23.9. The lowest BCUT2D eigenvalue weighted by Gasteiger charge is -2.17. The van der Waals surface area contributed by atoms with Crippen molar-refractivity contribution in [3.8, 4) is 28.8 Å². The molecule has 172 valence electrons. The summed E-state index contributed by atoms with van der Waals surface area (Å²) in [5.74, 6) is -1.17. The molecule has 1 saturated carbocycles. The second-order valence-electron chi connectivity index (χ2n) is 8.29. The monoisotopic (exact) mass is 458 g/mol. The predicted octanol–water partition coefficient (Wildman–Crippen LogP) is 4.25. The summed E-state index contributed by atoms with van der Waals surface area (Å²) in [6.45, 7) is 0.389. The Morgan fingerprint density at radius 3 is 2.64 bits per heavy atom. The van der Waals surface area contributed by atoms with Gasteiger partial charge in [0.25, 0.3) is 5.91 Å². The minimum absolute atomic E-state index is 0.00566. The van der Waals surface area contributed by atoms with Crippen molar-refractivity contribution in [3.05, 3.63) is 47.8 Å². The van der Waals surface area contributed by atoms with Crippen LogP contribution < -0.4 is 14.8 Å². The van der Waals surface area contributed by atoms with E-state index < -0.39 is 35.9 Å². The Morgan fingerprint density at radius 2 is 2.03 bits per heavy atom. The maximum absolute atomic E-state index is 13.2. The van der Waals surface area contributed by atoms with Gasteiger partial charge in [-0.05, 0) is 43.7 Å². The van der Waals surface area contributed by atoms with E-state index in [4.69, 9.17) is 4.74 Å². The highest BCUT2D eigenvalue weighted by molar-refractivity contribution is 6.01. The van der Waals surface area contributed by atoms with E-state index in [0.717, 1.165) is 5.56 Å². The molecule has 0 aliphatic heterocycles. The van der Waals surface area contributed by atoms with Crippen LogP contribution in [0.1, 0.15) is 36.2 Å². The number of hydrogen-bond donors (Lipinski definition) is 1. The third-order valence-corrected chi connectivity index (χ3v) is 5.57. The van der Waals surface area contributed by atoms with Gasteiger partial charge in [-0.25, -0.2) is 9.37 Å². The Morgan fingerprint density at radius 1 is 1.33 bits per heavy atom. The van der Waals surface area contributed by atoms with Gasteiger partial charge in [0.05, 0.1) is 36.5 Å². The van der Waals surface area contributed by atoms with E-state index in [9.17, 15) is 23.2 Å². The Hall–Kier alpha value is -3.74. The molecule has 33 heavy (non-hydrogen) atoms. The number of hydrogen-bond acceptors (Lipinski definition) is 5. The number of amides is 1. The predicted molar refractivity (Wildman–Crippen MR) is 113 cm³/mol. The lowest BCUT2D eigenvalue weighted by Crippen LogP contribution is -2.28.